The van der Waals surface area contributed by atoms with Gasteiger partial charge >= 0.3 is 0 Å². The van der Waals surface area contributed by atoms with Crippen LogP contribution < -0.4 is 0 Å². The van der Waals surface area contributed by atoms with Gasteiger partial charge in [0, 0.05) is 18.2 Å². The standard InChI is InChI=1S/C32H57NO.C5H12.C3H8.C2H6/c1-11-15-20-28(18-12-2)21-16-17-22-31(34)29(19-13-3)24-33-30(27(7)25(5)14-4)23-26(6)32(8,9)10;1-5(2,3)4;1-3-2;1-2/h19,23-25,28H,11-18,20-22H2,1-10H3;1-4H3;3H2,1-2H3;1-2H3/b26-23+,29-19-,30-27+,33-24+;;;. The molecule has 0 amide bonds. The third kappa shape index (κ3) is 32.0. The van der Waals surface area contributed by atoms with E-state index in [-0.39, 0.29) is 11.2 Å². The Kier molecular flexibility index (Phi) is 34.0. The van der Waals surface area contributed by atoms with Gasteiger partial charge in [0.1, 0.15) is 0 Å². The SMILES string of the molecule is CC.CC(C)(C)C.CC/C=C(/C=N/C(/C=C(\C)C(C)(C)C)=C(\C)C(C)CC)C(=O)CCCCC(CCC)CCCC.CCC. The molecule has 0 spiro atoms. The molecule has 0 saturated carbocycles. The molecule has 0 aromatic rings. The first-order valence-electron chi connectivity index (χ1n) is 18.6. The Bertz CT molecular complexity index is 789. The van der Waals surface area contributed by atoms with Crippen molar-refractivity contribution < 1.29 is 4.79 Å². The van der Waals surface area contributed by atoms with Gasteiger partial charge < -0.3 is 0 Å². The summed E-state index contributed by atoms with van der Waals surface area (Å²) in [7, 11) is 0. The van der Waals surface area contributed by atoms with Crippen molar-refractivity contribution in [3.8, 4) is 0 Å². The second-order valence-electron chi connectivity index (χ2n) is 15.0. The fraction of sp³-hybridized carbons (Fsp3) is 0.810. The Morgan fingerprint density at radius 1 is 0.773 bits per heavy atom. The molecule has 2 heteroatoms. The summed E-state index contributed by atoms with van der Waals surface area (Å²) >= 11 is 0. The summed E-state index contributed by atoms with van der Waals surface area (Å²) in [6, 6.07) is 0. The molecule has 0 radical (unpaired) electrons. The maximum atomic E-state index is 13.0. The van der Waals surface area contributed by atoms with E-state index in [1.165, 1.54) is 56.1 Å². The van der Waals surface area contributed by atoms with Crippen LogP contribution in [0.5, 0.6) is 0 Å². The Morgan fingerprint density at radius 3 is 1.68 bits per heavy atom. The minimum Gasteiger partial charge on any atom is -0.294 e. The highest BCUT2D eigenvalue weighted by Crippen LogP contribution is 2.28. The molecule has 0 N–H and O–H groups in total. The lowest BCUT2D eigenvalue weighted by molar-refractivity contribution is -0.115. The lowest BCUT2D eigenvalue weighted by Crippen LogP contribution is -2.08. The molecule has 2 nitrogen and oxygen atoms in total. The zero-order valence-corrected chi connectivity index (χ0v) is 33.7. The molecule has 0 aromatic carbocycles. The molecule has 0 aliphatic carbocycles. The molecule has 2 unspecified atom stereocenters. The van der Waals surface area contributed by atoms with Crippen LogP contribution in [-0.2, 0) is 4.79 Å². The highest BCUT2D eigenvalue weighted by molar-refractivity contribution is 6.13. The molecule has 44 heavy (non-hydrogen) atoms. The van der Waals surface area contributed by atoms with Crippen LogP contribution in [0.1, 0.15) is 202 Å². The number of nitrogens with zero attached hydrogens (tertiary/aromatic N) is 1. The van der Waals surface area contributed by atoms with Crippen LogP contribution in [0, 0.1) is 22.7 Å². The van der Waals surface area contributed by atoms with Gasteiger partial charge in [-0.1, -0.05) is 174 Å². The van der Waals surface area contributed by atoms with E-state index in [2.05, 4.69) is 117 Å². The van der Waals surface area contributed by atoms with Gasteiger partial charge in [-0.05, 0) is 67.4 Å². The van der Waals surface area contributed by atoms with Crippen LogP contribution in [0.25, 0.3) is 0 Å². The summed E-state index contributed by atoms with van der Waals surface area (Å²) in [5, 5.41) is 0. The quantitative estimate of drug-likeness (QED) is 0.0691. The van der Waals surface area contributed by atoms with E-state index in [9.17, 15) is 4.79 Å². The van der Waals surface area contributed by atoms with Crippen molar-refractivity contribution >= 4 is 12.0 Å². The van der Waals surface area contributed by atoms with E-state index in [1.54, 1.807) is 0 Å². The van der Waals surface area contributed by atoms with Gasteiger partial charge in [-0.15, -0.1) is 0 Å². The fourth-order valence-electron chi connectivity index (χ4n) is 4.03. The van der Waals surface area contributed by atoms with Crippen molar-refractivity contribution in [1.82, 2.24) is 0 Å². The van der Waals surface area contributed by atoms with Crippen molar-refractivity contribution in [3.05, 3.63) is 34.6 Å². The van der Waals surface area contributed by atoms with Crippen LogP contribution in [-0.4, -0.2) is 12.0 Å². The zero-order valence-electron chi connectivity index (χ0n) is 33.7. The lowest BCUT2D eigenvalue weighted by atomic mass is 9.86. The molecule has 0 saturated heterocycles. The predicted molar refractivity (Wildman–Crippen MR) is 206 cm³/mol. The van der Waals surface area contributed by atoms with Gasteiger partial charge in [-0.25, -0.2) is 0 Å². The van der Waals surface area contributed by atoms with Gasteiger partial charge in [-0.3, -0.25) is 9.79 Å². The van der Waals surface area contributed by atoms with Gasteiger partial charge in [0.15, 0.2) is 5.78 Å². The lowest BCUT2D eigenvalue weighted by Gasteiger charge is -2.20. The summed E-state index contributed by atoms with van der Waals surface area (Å²) < 4.78 is 0. The van der Waals surface area contributed by atoms with E-state index >= 15 is 0 Å². The second-order valence-corrected chi connectivity index (χ2v) is 15.0. The van der Waals surface area contributed by atoms with E-state index < -0.39 is 0 Å². The normalized spacial score (nSPS) is 14.3. The Morgan fingerprint density at radius 2 is 1.27 bits per heavy atom. The zero-order chi connectivity index (χ0) is 35.4. The first-order chi connectivity index (χ1) is 20.4. The molecule has 0 bridgehead atoms. The van der Waals surface area contributed by atoms with E-state index in [0.717, 1.165) is 42.9 Å². The third-order valence-electron chi connectivity index (χ3n) is 7.31. The number of hydrogen-bond donors (Lipinski definition) is 0. The number of carbonyl (C=O) groups is 1. The van der Waals surface area contributed by atoms with Gasteiger partial charge in [-0.2, -0.15) is 0 Å². The van der Waals surface area contributed by atoms with Crippen LogP contribution in [0.3, 0.4) is 0 Å². The summed E-state index contributed by atoms with van der Waals surface area (Å²) in [4.78, 5) is 17.9. The highest BCUT2D eigenvalue weighted by Gasteiger charge is 2.15. The fourth-order valence-corrected chi connectivity index (χ4v) is 4.03. The van der Waals surface area contributed by atoms with Crippen molar-refractivity contribution in [2.45, 2.75) is 202 Å². The molecule has 0 heterocycles. The highest BCUT2D eigenvalue weighted by atomic mass is 16.1. The Balaban J connectivity index is -0.000000695. The smallest absolute Gasteiger partial charge is 0.164 e. The van der Waals surface area contributed by atoms with Crippen molar-refractivity contribution in [2.75, 3.05) is 0 Å². The number of hydrogen-bond acceptors (Lipinski definition) is 2. The third-order valence-corrected chi connectivity index (χ3v) is 7.31. The number of ketones is 1. The maximum absolute atomic E-state index is 13.0. The number of unbranched alkanes of at least 4 members (excludes halogenated alkanes) is 2. The molecule has 0 aliphatic heterocycles. The van der Waals surface area contributed by atoms with Gasteiger partial charge in [0.05, 0.1) is 5.70 Å². The first-order valence-corrected chi connectivity index (χ1v) is 18.6. The molecular formula is C42H83NO. The molecular weight excluding hydrogens is 534 g/mol. The minimum absolute atomic E-state index is 0.0984. The largest absolute Gasteiger partial charge is 0.294 e. The maximum Gasteiger partial charge on any atom is 0.164 e. The summed E-state index contributed by atoms with van der Waals surface area (Å²) in [5.41, 5.74) is 4.98. The number of Topliss-reactive ketones (excluding diaryl/α,β-unsaturated/α-hetero) is 1. The van der Waals surface area contributed by atoms with Crippen LogP contribution >= 0.6 is 0 Å². The van der Waals surface area contributed by atoms with E-state index in [4.69, 9.17) is 4.99 Å². The minimum atomic E-state index is 0.0984. The number of allylic oxidation sites excluding steroid dienone is 5. The Labute approximate surface area is 280 Å². The average molecular weight is 618 g/mol. The van der Waals surface area contributed by atoms with Gasteiger partial charge in [0.25, 0.3) is 0 Å². The van der Waals surface area contributed by atoms with Crippen LogP contribution in [0.2, 0.25) is 0 Å². The molecule has 262 valence electrons. The van der Waals surface area contributed by atoms with Crippen LogP contribution in [0.15, 0.2) is 39.6 Å². The number of aliphatic imine (C=N–C) groups is 1. The van der Waals surface area contributed by atoms with E-state index in [0.29, 0.717) is 17.8 Å². The number of carbonyl (C=O) groups excluding carboxylic acids is 1. The average Bonchev–Trinajstić information content (AvgIpc) is 2.94. The topological polar surface area (TPSA) is 29.4 Å². The molecule has 0 fully saturated rings. The molecule has 2 atom stereocenters. The Hall–Kier alpha value is -1.44. The van der Waals surface area contributed by atoms with Crippen molar-refractivity contribution in [3.63, 3.8) is 0 Å². The second kappa shape index (κ2) is 30.2. The molecule has 0 rings (SSSR count). The summed E-state index contributed by atoms with van der Waals surface area (Å²) in [6.07, 6.45) is 19.9. The summed E-state index contributed by atoms with van der Waals surface area (Å²) in [6.45, 7) is 39.2. The molecule has 0 aromatic heterocycles. The van der Waals surface area contributed by atoms with Gasteiger partial charge in [0.2, 0.25) is 0 Å². The van der Waals surface area contributed by atoms with E-state index in [1.807, 2.05) is 26.1 Å². The molecule has 0 aliphatic rings. The summed E-state index contributed by atoms with van der Waals surface area (Å²) in [5.74, 6) is 1.54. The van der Waals surface area contributed by atoms with Crippen molar-refractivity contribution in [1.29, 1.82) is 0 Å². The first kappa shape index (κ1) is 49.4. The van der Waals surface area contributed by atoms with Crippen molar-refractivity contribution in [2.24, 2.45) is 27.7 Å². The monoisotopic (exact) mass is 618 g/mol. The predicted octanol–water partition coefficient (Wildman–Crippen LogP) is 14.9. The number of rotatable bonds is 17. The van der Waals surface area contributed by atoms with Crippen LogP contribution in [0.4, 0.5) is 0 Å².